The van der Waals surface area contributed by atoms with Crippen molar-refractivity contribution >= 4 is 11.6 Å². The van der Waals surface area contributed by atoms with E-state index in [1.807, 2.05) is 0 Å². The van der Waals surface area contributed by atoms with E-state index in [9.17, 15) is 0 Å². The summed E-state index contributed by atoms with van der Waals surface area (Å²) < 4.78 is 1.49. The number of hydrogen-bond donors (Lipinski definition) is 1. The van der Waals surface area contributed by atoms with Crippen molar-refractivity contribution in [2.24, 2.45) is 0 Å². The van der Waals surface area contributed by atoms with Gasteiger partial charge in [0, 0.05) is 6.20 Å². The van der Waals surface area contributed by atoms with Crippen molar-refractivity contribution in [1.29, 1.82) is 0 Å². The first kappa shape index (κ1) is 10.1. The molecule has 2 aromatic heterocycles. The molecule has 15 heavy (non-hydrogen) atoms. The molecule has 2 heterocycles. The molecule has 0 atom stereocenters. The van der Waals surface area contributed by atoms with E-state index in [1.54, 1.807) is 19.1 Å². The van der Waals surface area contributed by atoms with Gasteiger partial charge in [0.2, 0.25) is 0 Å². The fourth-order valence-electron chi connectivity index (χ4n) is 1.24. The Morgan fingerprint density at radius 3 is 2.87 bits per heavy atom. The highest BCUT2D eigenvalue weighted by Crippen LogP contribution is 2.12. The van der Waals surface area contributed by atoms with Gasteiger partial charge in [-0.3, -0.25) is 0 Å². The Morgan fingerprint density at radius 2 is 2.27 bits per heavy atom. The highest BCUT2D eigenvalue weighted by molar-refractivity contribution is 6.30. The second kappa shape index (κ2) is 3.96. The van der Waals surface area contributed by atoms with E-state index in [4.69, 9.17) is 16.7 Å². The minimum absolute atomic E-state index is 0.122. The Kier molecular flexibility index (Phi) is 2.66. The molecule has 0 radical (unpaired) electrons. The van der Waals surface area contributed by atoms with Crippen LogP contribution in [0.3, 0.4) is 0 Å². The third kappa shape index (κ3) is 1.84. The summed E-state index contributed by atoms with van der Waals surface area (Å²) in [6, 6.07) is 3.43. The predicted octanol–water partition coefficient (Wildman–Crippen LogP) is 1.12. The predicted molar refractivity (Wildman–Crippen MR) is 54.8 cm³/mol. The number of pyridine rings is 1. The molecule has 0 aromatic carbocycles. The molecule has 0 saturated carbocycles. The van der Waals surface area contributed by atoms with E-state index in [-0.39, 0.29) is 6.61 Å². The van der Waals surface area contributed by atoms with Crippen molar-refractivity contribution in [1.82, 2.24) is 20.0 Å². The summed E-state index contributed by atoms with van der Waals surface area (Å²) in [5.41, 5.74) is 1.32. The Morgan fingerprint density at radius 1 is 1.47 bits per heavy atom. The Hall–Kier alpha value is -1.46. The van der Waals surface area contributed by atoms with Crippen LogP contribution in [0.4, 0.5) is 0 Å². The zero-order valence-electron chi connectivity index (χ0n) is 8.05. The van der Waals surface area contributed by atoms with Crippen LogP contribution >= 0.6 is 11.6 Å². The van der Waals surface area contributed by atoms with Crippen molar-refractivity contribution in [2.45, 2.75) is 13.5 Å². The van der Waals surface area contributed by atoms with Gasteiger partial charge in [-0.05, 0) is 19.1 Å². The van der Waals surface area contributed by atoms with Crippen LogP contribution in [0.2, 0.25) is 5.02 Å². The average Bonchev–Trinajstić information content (AvgIpc) is 2.61. The van der Waals surface area contributed by atoms with Gasteiger partial charge < -0.3 is 5.11 Å². The lowest BCUT2D eigenvalue weighted by atomic mass is 10.3. The molecular formula is C9H9ClN4O. The normalized spacial score (nSPS) is 10.6. The van der Waals surface area contributed by atoms with E-state index in [2.05, 4.69) is 15.3 Å². The van der Waals surface area contributed by atoms with E-state index < -0.39 is 0 Å². The van der Waals surface area contributed by atoms with Crippen molar-refractivity contribution in [3.8, 4) is 5.82 Å². The zero-order valence-corrected chi connectivity index (χ0v) is 8.81. The summed E-state index contributed by atoms with van der Waals surface area (Å²) in [6.07, 6.45) is 1.52. The van der Waals surface area contributed by atoms with Crippen LogP contribution in [0.1, 0.15) is 11.4 Å². The number of nitrogens with zero attached hydrogens (tertiary/aromatic N) is 4. The molecular weight excluding hydrogens is 216 g/mol. The standard InChI is InChI=1S/C9H9ClN4O/c1-6-8(5-15)14(13-12-6)9-3-2-7(10)4-11-9/h2-4,15H,5H2,1H3. The molecule has 0 fully saturated rings. The molecule has 2 rings (SSSR count). The molecule has 0 saturated heterocycles. The molecule has 0 aliphatic heterocycles. The van der Waals surface area contributed by atoms with E-state index in [0.717, 1.165) is 0 Å². The van der Waals surface area contributed by atoms with Crippen LogP contribution in [0, 0.1) is 6.92 Å². The monoisotopic (exact) mass is 224 g/mol. The summed E-state index contributed by atoms with van der Waals surface area (Å²) in [5.74, 6) is 0.587. The molecule has 0 bridgehead atoms. The van der Waals surface area contributed by atoms with E-state index >= 15 is 0 Å². The SMILES string of the molecule is Cc1nnn(-c2ccc(Cl)cn2)c1CO. The smallest absolute Gasteiger partial charge is 0.155 e. The maximum atomic E-state index is 9.15. The second-order valence-corrected chi connectivity index (χ2v) is 3.46. The summed E-state index contributed by atoms with van der Waals surface area (Å²) in [4.78, 5) is 4.09. The van der Waals surface area contributed by atoms with Gasteiger partial charge in [0.1, 0.15) is 0 Å². The number of halogens is 1. The maximum Gasteiger partial charge on any atom is 0.155 e. The number of aliphatic hydroxyl groups is 1. The van der Waals surface area contributed by atoms with Crippen molar-refractivity contribution in [2.75, 3.05) is 0 Å². The molecule has 0 aliphatic rings. The van der Waals surface area contributed by atoms with Gasteiger partial charge in [-0.2, -0.15) is 4.68 Å². The molecule has 5 nitrogen and oxygen atoms in total. The molecule has 78 valence electrons. The summed E-state index contributed by atoms with van der Waals surface area (Å²) in [6.45, 7) is 1.66. The number of rotatable bonds is 2. The van der Waals surface area contributed by atoms with Crippen LogP contribution < -0.4 is 0 Å². The number of aromatic nitrogens is 4. The number of aryl methyl sites for hydroxylation is 1. The number of aliphatic hydroxyl groups excluding tert-OH is 1. The van der Waals surface area contributed by atoms with Crippen LogP contribution in [0.25, 0.3) is 5.82 Å². The van der Waals surface area contributed by atoms with Gasteiger partial charge in [-0.15, -0.1) is 5.10 Å². The quantitative estimate of drug-likeness (QED) is 0.830. The van der Waals surface area contributed by atoms with Gasteiger partial charge in [0.05, 0.1) is 23.0 Å². The third-order valence-electron chi connectivity index (χ3n) is 2.04. The van der Waals surface area contributed by atoms with Crippen LogP contribution in [0.5, 0.6) is 0 Å². The first-order chi connectivity index (χ1) is 7.22. The second-order valence-electron chi connectivity index (χ2n) is 3.03. The number of hydrogen-bond acceptors (Lipinski definition) is 4. The highest BCUT2D eigenvalue weighted by atomic mass is 35.5. The first-order valence-corrected chi connectivity index (χ1v) is 4.74. The van der Waals surface area contributed by atoms with Crippen LogP contribution in [-0.2, 0) is 6.61 Å². The van der Waals surface area contributed by atoms with Crippen LogP contribution in [0.15, 0.2) is 18.3 Å². The molecule has 2 aromatic rings. The summed E-state index contributed by atoms with van der Waals surface area (Å²) in [7, 11) is 0. The first-order valence-electron chi connectivity index (χ1n) is 4.36. The highest BCUT2D eigenvalue weighted by Gasteiger charge is 2.10. The van der Waals surface area contributed by atoms with Gasteiger partial charge in [-0.1, -0.05) is 16.8 Å². The molecule has 0 spiro atoms. The van der Waals surface area contributed by atoms with Crippen molar-refractivity contribution in [3.63, 3.8) is 0 Å². The van der Waals surface area contributed by atoms with Crippen molar-refractivity contribution in [3.05, 3.63) is 34.7 Å². The Labute approximate surface area is 91.3 Å². The zero-order chi connectivity index (χ0) is 10.8. The van der Waals surface area contributed by atoms with Crippen LogP contribution in [-0.4, -0.2) is 25.1 Å². The molecule has 0 amide bonds. The lowest BCUT2D eigenvalue weighted by molar-refractivity contribution is 0.272. The third-order valence-corrected chi connectivity index (χ3v) is 2.26. The minimum atomic E-state index is -0.122. The largest absolute Gasteiger partial charge is 0.390 e. The van der Waals surface area contributed by atoms with Gasteiger partial charge in [0.15, 0.2) is 5.82 Å². The fourth-order valence-corrected chi connectivity index (χ4v) is 1.35. The van der Waals surface area contributed by atoms with Gasteiger partial charge in [0.25, 0.3) is 0 Å². The summed E-state index contributed by atoms with van der Waals surface area (Å²) in [5, 5.41) is 17.5. The Bertz CT molecular complexity index is 465. The van der Waals surface area contributed by atoms with Gasteiger partial charge in [-0.25, -0.2) is 4.98 Å². The molecule has 0 aliphatic carbocycles. The molecule has 0 unspecified atom stereocenters. The lowest BCUT2D eigenvalue weighted by Crippen LogP contribution is -2.04. The summed E-state index contributed by atoms with van der Waals surface area (Å²) >= 11 is 5.72. The van der Waals surface area contributed by atoms with Crippen molar-refractivity contribution < 1.29 is 5.11 Å². The maximum absolute atomic E-state index is 9.15. The van der Waals surface area contributed by atoms with E-state index in [1.165, 1.54) is 10.9 Å². The minimum Gasteiger partial charge on any atom is -0.390 e. The Balaban J connectivity index is 2.49. The molecule has 6 heteroatoms. The van der Waals surface area contributed by atoms with Gasteiger partial charge >= 0.3 is 0 Å². The molecule has 1 N–H and O–H groups in total. The topological polar surface area (TPSA) is 63.8 Å². The van der Waals surface area contributed by atoms with E-state index in [0.29, 0.717) is 22.2 Å². The average molecular weight is 225 g/mol. The fraction of sp³-hybridized carbons (Fsp3) is 0.222. The lowest BCUT2D eigenvalue weighted by Gasteiger charge is -2.02.